The number of nitrogens with one attached hydrogen (secondary N) is 1. The number of carbonyl (C=O) groups excluding carboxylic acids is 2. The molecule has 7 nitrogen and oxygen atoms in total. The number of carbonyl (C=O) groups is 3. The van der Waals surface area contributed by atoms with Gasteiger partial charge in [-0.15, -0.1) is 0 Å². The molecule has 1 saturated heterocycles. The van der Waals surface area contributed by atoms with E-state index in [-0.39, 0.29) is 17.7 Å². The molecular formula is C19H20N2O5. The number of hydrogen-bond acceptors (Lipinski definition) is 4. The van der Waals surface area contributed by atoms with Gasteiger partial charge in [0.2, 0.25) is 0 Å². The molecule has 2 aromatic rings. The largest absolute Gasteiger partial charge is 0.481 e. The molecule has 1 aliphatic heterocycles. The fourth-order valence-corrected chi connectivity index (χ4v) is 2.97. The monoisotopic (exact) mass is 356 g/mol. The van der Waals surface area contributed by atoms with Crippen LogP contribution in [-0.4, -0.2) is 40.9 Å². The van der Waals surface area contributed by atoms with Crippen LogP contribution in [-0.2, 0) is 4.79 Å². The molecule has 0 radical (unpaired) electrons. The van der Waals surface area contributed by atoms with Crippen LogP contribution in [0.3, 0.4) is 0 Å². The minimum absolute atomic E-state index is 0.128. The fourth-order valence-electron chi connectivity index (χ4n) is 2.97. The third kappa shape index (κ3) is 3.93. The van der Waals surface area contributed by atoms with E-state index in [1.807, 2.05) is 0 Å². The predicted octanol–water partition coefficient (Wildman–Crippen LogP) is 2.78. The molecule has 3 rings (SSSR count). The number of aliphatic carboxylic acids is 1. The summed E-state index contributed by atoms with van der Waals surface area (Å²) in [4.78, 5) is 37.3. The van der Waals surface area contributed by atoms with Gasteiger partial charge >= 0.3 is 5.97 Å². The fraction of sp³-hybridized carbons (Fsp3) is 0.316. The lowest BCUT2D eigenvalue weighted by Gasteiger charge is -2.30. The van der Waals surface area contributed by atoms with Gasteiger partial charge in [0.25, 0.3) is 11.8 Å². The smallest absolute Gasteiger partial charge is 0.306 e. The molecule has 136 valence electrons. The maximum Gasteiger partial charge on any atom is 0.306 e. The maximum absolute atomic E-state index is 12.5. The summed E-state index contributed by atoms with van der Waals surface area (Å²) in [6, 6.07) is 8.29. The van der Waals surface area contributed by atoms with E-state index >= 15 is 0 Å². The summed E-state index contributed by atoms with van der Waals surface area (Å²) < 4.78 is 5.12. The van der Waals surface area contributed by atoms with E-state index in [9.17, 15) is 14.4 Å². The SMILES string of the molecule is Cc1cc(C(=O)Nc2ccc(C(=O)N3CCC(C(=O)O)CC3)cc2)co1. The Hall–Kier alpha value is -3.09. The third-order valence-electron chi connectivity index (χ3n) is 4.51. The van der Waals surface area contributed by atoms with Gasteiger partial charge in [-0.05, 0) is 50.1 Å². The van der Waals surface area contributed by atoms with E-state index in [1.54, 1.807) is 42.2 Å². The molecule has 0 saturated carbocycles. The lowest BCUT2D eigenvalue weighted by atomic mass is 9.96. The molecule has 1 aliphatic rings. The zero-order chi connectivity index (χ0) is 18.7. The van der Waals surface area contributed by atoms with E-state index in [0.29, 0.717) is 48.5 Å². The van der Waals surface area contributed by atoms with Gasteiger partial charge < -0.3 is 19.7 Å². The van der Waals surface area contributed by atoms with E-state index in [4.69, 9.17) is 9.52 Å². The van der Waals surface area contributed by atoms with Gasteiger partial charge in [-0.1, -0.05) is 0 Å². The summed E-state index contributed by atoms with van der Waals surface area (Å²) in [6.07, 6.45) is 2.34. The van der Waals surface area contributed by atoms with E-state index in [1.165, 1.54) is 6.26 Å². The van der Waals surface area contributed by atoms with Crippen molar-refractivity contribution in [3.8, 4) is 0 Å². The number of likely N-dealkylation sites (tertiary alicyclic amines) is 1. The molecule has 2 heterocycles. The zero-order valence-electron chi connectivity index (χ0n) is 14.4. The van der Waals surface area contributed by atoms with Crippen LogP contribution in [0, 0.1) is 12.8 Å². The van der Waals surface area contributed by atoms with E-state index in [2.05, 4.69) is 5.32 Å². The summed E-state index contributed by atoms with van der Waals surface area (Å²) in [6.45, 7) is 2.64. The summed E-state index contributed by atoms with van der Waals surface area (Å²) >= 11 is 0. The minimum Gasteiger partial charge on any atom is -0.481 e. The molecule has 0 bridgehead atoms. The first-order chi connectivity index (χ1) is 12.4. The second-order valence-electron chi connectivity index (χ2n) is 6.38. The number of piperidine rings is 1. The summed E-state index contributed by atoms with van der Waals surface area (Å²) in [5.74, 6) is -0.926. The third-order valence-corrected chi connectivity index (χ3v) is 4.51. The molecular weight excluding hydrogens is 336 g/mol. The number of carboxylic acid groups (broad SMARTS) is 1. The molecule has 0 unspecified atom stereocenters. The highest BCUT2D eigenvalue weighted by atomic mass is 16.4. The number of hydrogen-bond donors (Lipinski definition) is 2. The first kappa shape index (κ1) is 17.7. The molecule has 0 atom stereocenters. The number of aryl methyl sites for hydroxylation is 1. The molecule has 7 heteroatoms. The van der Waals surface area contributed by atoms with Crippen LogP contribution in [0.1, 0.15) is 39.3 Å². The predicted molar refractivity (Wildman–Crippen MR) is 94.1 cm³/mol. The Morgan fingerprint density at radius 1 is 1.12 bits per heavy atom. The highest BCUT2D eigenvalue weighted by molar-refractivity contribution is 6.04. The van der Waals surface area contributed by atoms with Gasteiger partial charge in [-0.2, -0.15) is 0 Å². The Kier molecular flexibility index (Phi) is 5.06. The second kappa shape index (κ2) is 7.43. The number of amides is 2. The number of nitrogens with zero attached hydrogens (tertiary/aromatic N) is 1. The van der Waals surface area contributed by atoms with Crippen molar-refractivity contribution in [3.63, 3.8) is 0 Å². The Balaban J connectivity index is 1.59. The maximum atomic E-state index is 12.5. The van der Waals surface area contributed by atoms with Crippen molar-refractivity contribution >= 4 is 23.5 Å². The number of furan rings is 1. The van der Waals surface area contributed by atoms with Crippen molar-refractivity contribution in [3.05, 3.63) is 53.5 Å². The molecule has 1 fully saturated rings. The summed E-state index contributed by atoms with van der Waals surface area (Å²) in [7, 11) is 0. The van der Waals surface area contributed by atoms with Crippen molar-refractivity contribution in [2.24, 2.45) is 5.92 Å². The topological polar surface area (TPSA) is 99.9 Å². The first-order valence-electron chi connectivity index (χ1n) is 8.42. The summed E-state index contributed by atoms with van der Waals surface area (Å²) in [5.41, 5.74) is 1.52. The molecule has 0 spiro atoms. The lowest BCUT2D eigenvalue weighted by molar-refractivity contribution is -0.143. The zero-order valence-corrected chi connectivity index (χ0v) is 14.4. The highest BCUT2D eigenvalue weighted by Gasteiger charge is 2.27. The van der Waals surface area contributed by atoms with Crippen LogP contribution in [0.5, 0.6) is 0 Å². The van der Waals surface area contributed by atoms with Crippen molar-refractivity contribution in [2.75, 3.05) is 18.4 Å². The van der Waals surface area contributed by atoms with Crippen molar-refractivity contribution in [2.45, 2.75) is 19.8 Å². The van der Waals surface area contributed by atoms with Gasteiger partial charge in [-0.3, -0.25) is 14.4 Å². The second-order valence-corrected chi connectivity index (χ2v) is 6.38. The van der Waals surface area contributed by atoms with Gasteiger partial charge in [0, 0.05) is 24.3 Å². The summed E-state index contributed by atoms with van der Waals surface area (Å²) in [5, 5.41) is 11.8. The quantitative estimate of drug-likeness (QED) is 0.877. The standard InChI is InChI=1S/C19H20N2O5/c1-12-10-15(11-26-12)17(22)20-16-4-2-13(3-5-16)18(23)21-8-6-14(7-9-21)19(24)25/h2-5,10-11,14H,6-9H2,1H3,(H,20,22)(H,24,25). The Bertz CT molecular complexity index is 817. The minimum atomic E-state index is -0.801. The normalized spacial score (nSPS) is 14.9. The van der Waals surface area contributed by atoms with E-state index < -0.39 is 5.97 Å². The molecule has 0 aliphatic carbocycles. The lowest BCUT2D eigenvalue weighted by Crippen LogP contribution is -2.40. The van der Waals surface area contributed by atoms with Gasteiger partial charge in [-0.25, -0.2) is 0 Å². The molecule has 2 N–H and O–H groups in total. The molecule has 1 aromatic heterocycles. The average Bonchev–Trinajstić information content (AvgIpc) is 3.08. The number of anilines is 1. The highest BCUT2D eigenvalue weighted by Crippen LogP contribution is 2.20. The van der Waals surface area contributed by atoms with Gasteiger partial charge in [0.15, 0.2) is 0 Å². The Morgan fingerprint density at radius 2 is 1.77 bits per heavy atom. The van der Waals surface area contributed by atoms with Crippen LogP contribution in [0.2, 0.25) is 0 Å². The van der Waals surface area contributed by atoms with Gasteiger partial charge in [0.05, 0.1) is 11.5 Å². The van der Waals surface area contributed by atoms with Crippen LogP contribution < -0.4 is 5.32 Å². The van der Waals surface area contributed by atoms with Crippen LogP contribution in [0.15, 0.2) is 41.0 Å². The van der Waals surface area contributed by atoms with Crippen molar-refractivity contribution in [1.29, 1.82) is 0 Å². The molecule has 26 heavy (non-hydrogen) atoms. The van der Waals surface area contributed by atoms with E-state index in [0.717, 1.165) is 0 Å². The Morgan fingerprint density at radius 3 is 2.31 bits per heavy atom. The first-order valence-corrected chi connectivity index (χ1v) is 8.42. The number of benzene rings is 1. The average molecular weight is 356 g/mol. The van der Waals surface area contributed by atoms with Crippen molar-refractivity contribution in [1.82, 2.24) is 4.90 Å². The number of carboxylic acids is 1. The van der Waals surface area contributed by atoms with Crippen LogP contribution >= 0.6 is 0 Å². The van der Waals surface area contributed by atoms with Crippen LogP contribution in [0.4, 0.5) is 5.69 Å². The molecule has 2 amide bonds. The number of rotatable bonds is 4. The van der Waals surface area contributed by atoms with Crippen LogP contribution in [0.25, 0.3) is 0 Å². The van der Waals surface area contributed by atoms with Gasteiger partial charge in [0.1, 0.15) is 12.0 Å². The Labute approximate surface area is 150 Å². The molecule has 1 aromatic carbocycles. The van der Waals surface area contributed by atoms with Crippen molar-refractivity contribution < 1.29 is 23.9 Å².